The number of benzene rings is 1. The summed E-state index contributed by atoms with van der Waals surface area (Å²) >= 11 is 3.15. The van der Waals surface area contributed by atoms with Crippen LogP contribution in [0.5, 0.6) is 5.75 Å². The smallest absolute Gasteiger partial charge is 0.289 e. The molecule has 1 aromatic heterocycles. The van der Waals surface area contributed by atoms with E-state index >= 15 is 0 Å². The Morgan fingerprint density at radius 3 is 2.29 bits per heavy atom. The molecule has 0 fully saturated rings. The van der Waals surface area contributed by atoms with Crippen molar-refractivity contribution < 1.29 is 18.7 Å². The van der Waals surface area contributed by atoms with Crippen LogP contribution in [0.2, 0.25) is 0 Å². The Hall–Kier alpha value is -2.28. The van der Waals surface area contributed by atoms with Crippen LogP contribution >= 0.6 is 15.9 Å². The van der Waals surface area contributed by atoms with Crippen LogP contribution in [-0.4, -0.2) is 49.4 Å². The van der Waals surface area contributed by atoms with Crippen molar-refractivity contribution in [3.63, 3.8) is 0 Å². The summed E-state index contributed by atoms with van der Waals surface area (Å²) in [6.07, 6.45) is 0. The Morgan fingerprint density at radius 1 is 1.08 bits per heavy atom. The SMILES string of the molecule is COc1ccc(CN(C)C(=O)CN(C)C(=O)c2ccc(Br)o2)cc1. The highest BCUT2D eigenvalue weighted by Crippen LogP contribution is 2.16. The van der Waals surface area contributed by atoms with Crippen molar-refractivity contribution in [3.05, 3.63) is 52.4 Å². The maximum Gasteiger partial charge on any atom is 0.289 e. The topological polar surface area (TPSA) is 63.0 Å². The quantitative estimate of drug-likeness (QED) is 0.755. The van der Waals surface area contributed by atoms with Gasteiger partial charge in [-0.15, -0.1) is 0 Å². The first kappa shape index (κ1) is 18.1. The number of methoxy groups -OCH3 is 1. The molecule has 2 amide bonds. The maximum absolute atomic E-state index is 12.3. The number of likely N-dealkylation sites (N-methyl/N-ethyl adjacent to an activating group) is 2. The van der Waals surface area contributed by atoms with Crippen molar-refractivity contribution in [1.82, 2.24) is 9.80 Å². The van der Waals surface area contributed by atoms with Gasteiger partial charge in [-0.05, 0) is 45.8 Å². The second-order valence-electron chi connectivity index (χ2n) is 5.36. The number of halogens is 1. The largest absolute Gasteiger partial charge is 0.497 e. The van der Waals surface area contributed by atoms with Gasteiger partial charge in [-0.2, -0.15) is 0 Å². The van der Waals surface area contributed by atoms with Crippen molar-refractivity contribution in [2.45, 2.75) is 6.54 Å². The van der Waals surface area contributed by atoms with Gasteiger partial charge in [-0.1, -0.05) is 12.1 Å². The Balaban J connectivity index is 1.91. The van der Waals surface area contributed by atoms with Crippen LogP contribution < -0.4 is 4.74 Å². The van der Waals surface area contributed by atoms with Gasteiger partial charge >= 0.3 is 0 Å². The van der Waals surface area contributed by atoms with Gasteiger partial charge in [0.15, 0.2) is 10.4 Å². The molecule has 7 heteroatoms. The lowest BCUT2D eigenvalue weighted by molar-refractivity contribution is -0.130. The van der Waals surface area contributed by atoms with Crippen LogP contribution in [0.1, 0.15) is 16.1 Å². The third kappa shape index (κ3) is 4.61. The fourth-order valence-corrected chi connectivity index (χ4v) is 2.41. The molecule has 0 saturated carbocycles. The molecule has 0 saturated heterocycles. The van der Waals surface area contributed by atoms with Gasteiger partial charge in [-0.25, -0.2) is 0 Å². The summed E-state index contributed by atoms with van der Waals surface area (Å²) in [6, 6.07) is 10.7. The molecular weight excluding hydrogens is 376 g/mol. The van der Waals surface area contributed by atoms with E-state index in [1.165, 1.54) is 4.90 Å². The predicted octanol–water partition coefficient (Wildman–Crippen LogP) is 2.78. The number of hydrogen-bond donors (Lipinski definition) is 0. The van der Waals surface area contributed by atoms with Crippen molar-refractivity contribution in [1.29, 1.82) is 0 Å². The van der Waals surface area contributed by atoms with Crippen LogP contribution in [0.15, 0.2) is 45.5 Å². The zero-order chi connectivity index (χ0) is 17.7. The van der Waals surface area contributed by atoms with Crippen LogP contribution in [0.4, 0.5) is 0 Å². The number of carbonyl (C=O) groups is 2. The Labute approximate surface area is 149 Å². The zero-order valence-electron chi connectivity index (χ0n) is 13.8. The highest BCUT2D eigenvalue weighted by Gasteiger charge is 2.20. The molecule has 128 valence electrons. The summed E-state index contributed by atoms with van der Waals surface area (Å²) in [6.45, 7) is 0.432. The molecular formula is C17H19BrN2O4. The van der Waals surface area contributed by atoms with Gasteiger partial charge in [0.2, 0.25) is 5.91 Å². The van der Waals surface area contributed by atoms with E-state index < -0.39 is 0 Å². The maximum atomic E-state index is 12.3. The standard InChI is InChI=1S/C17H19BrN2O4/c1-19(10-12-4-6-13(23-3)7-5-12)16(21)11-20(2)17(22)14-8-9-15(18)24-14/h4-9H,10-11H2,1-3H3. The first-order valence-electron chi connectivity index (χ1n) is 7.28. The van der Waals surface area contributed by atoms with E-state index in [1.54, 1.807) is 38.2 Å². The summed E-state index contributed by atoms with van der Waals surface area (Å²) in [5.74, 6) is 0.455. The molecule has 0 spiro atoms. The zero-order valence-corrected chi connectivity index (χ0v) is 15.4. The van der Waals surface area contributed by atoms with E-state index in [-0.39, 0.29) is 24.1 Å². The van der Waals surface area contributed by atoms with Gasteiger partial charge < -0.3 is 19.0 Å². The molecule has 0 atom stereocenters. The monoisotopic (exact) mass is 394 g/mol. The Bertz CT molecular complexity index is 712. The molecule has 2 aromatic rings. The average Bonchev–Trinajstić information content (AvgIpc) is 3.01. The molecule has 0 aliphatic carbocycles. The number of nitrogens with zero attached hydrogens (tertiary/aromatic N) is 2. The van der Waals surface area contributed by atoms with Gasteiger partial charge in [-0.3, -0.25) is 9.59 Å². The normalized spacial score (nSPS) is 10.3. The first-order chi connectivity index (χ1) is 11.4. The third-order valence-corrected chi connectivity index (χ3v) is 3.93. The lowest BCUT2D eigenvalue weighted by atomic mass is 10.2. The molecule has 1 aromatic carbocycles. The summed E-state index contributed by atoms with van der Waals surface area (Å²) in [4.78, 5) is 27.4. The summed E-state index contributed by atoms with van der Waals surface area (Å²) in [7, 11) is 4.88. The minimum atomic E-state index is -0.341. The van der Waals surface area contributed by atoms with E-state index in [1.807, 2.05) is 24.3 Å². The summed E-state index contributed by atoms with van der Waals surface area (Å²) in [5.41, 5.74) is 0.982. The van der Waals surface area contributed by atoms with Crippen molar-refractivity contribution in [2.24, 2.45) is 0 Å². The van der Waals surface area contributed by atoms with Crippen LogP contribution in [0.25, 0.3) is 0 Å². The van der Waals surface area contributed by atoms with Crippen LogP contribution in [0, 0.1) is 0 Å². The second kappa shape index (κ2) is 8.01. The van der Waals surface area contributed by atoms with Crippen molar-refractivity contribution >= 4 is 27.7 Å². The number of carbonyl (C=O) groups excluding carboxylic acids is 2. The van der Waals surface area contributed by atoms with Gasteiger partial charge in [0.25, 0.3) is 5.91 Å². The van der Waals surface area contributed by atoms with Gasteiger partial charge in [0.05, 0.1) is 13.7 Å². The second-order valence-corrected chi connectivity index (χ2v) is 6.14. The molecule has 0 radical (unpaired) electrons. The fourth-order valence-electron chi connectivity index (χ4n) is 2.11. The molecule has 0 N–H and O–H groups in total. The third-order valence-electron chi connectivity index (χ3n) is 3.51. The fraction of sp³-hybridized carbons (Fsp3) is 0.294. The molecule has 0 aliphatic heterocycles. The Morgan fingerprint density at radius 2 is 1.75 bits per heavy atom. The Kier molecular flexibility index (Phi) is 6.03. The number of hydrogen-bond acceptors (Lipinski definition) is 4. The molecule has 2 rings (SSSR count). The van der Waals surface area contributed by atoms with Crippen LogP contribution in [-0.2, 0) is 11.3 Å². The first-order valence-corrected chi connectivity index (χ1v) is 8.07. The molecule has 0 aliphatic rings. The van der Waals surface area contributed by atoms with E-state index in [0.29, 0.717) is 11.2 Å². The molecule has 1 heterocycles. The molecule has 0 bridgehead atoms. The van der Waals surface area contributed by atoms with Gasteiger partial charge in [0, 0.05) is 20.6 Å². The summed E-state index contributed by atoms with van der Waals surface area (Å²) in [5, 5.41) is 0. The van der Waals surface area contributed by atoms with Crippen molar-refractivity contribution in [2.75, 3.05) is 27.7 Å². The lowest BCUT2D eigenvalue weighted by Gasteiger charge is -2.21. The van der Waals surface area contributed by atoms with E-state index in [9.17, 15) is 9.59 Å². The highest BCUT2D eigenvalue weighted by molar-refractivity contribution is 9.10. The minimum absolute atomic E-state index is 0.0240. The summed E-state index contributed by atoms with van der Waals surface area (Å²) < 4.78 is 10.8. The number of ether oxygens (including phenoxy) is 1. The number of amides is 2. The van der Waals surface area contributed by atoms with E-state index in [4.69, 9.17) is 9.15 Å². The van der Waals surface area contributed by atoms with E-state index in [2.05, 4.69) is 15.9 Å². The van der Waals surface area contributed by atoms with E-state index in [0.717, 1.165) is 11.3 Å². The molecule has 24 heavy (non-hydrogen) atoms. The minimum Gasteiger partial charge on any atom is -0.497 e. The van der Waals surface area contributed by atoms with Crippen molar-refractivity contribution in [3.8, 4) is 5.75 Å². The van der Waals surface area contributed by atoms with Crippen LogP contribution in [0.3, 0.4) is 0 Å². The molecule has 6 nitrogen and oxygen atoms in total. The predicted molar refractivity (Wildman–Crippen MR) is 92.8 cm³/mol. The number of furan rings is 1. The number of rotatable bonds is 6. The average molecular weight is 395 g/mol. The van der Waals surface area contributed by atoms with Gasteiger partial charge in [0.1, 0.15) is 5.75 Å². The molecule has 0 unspecified atom stereocenters. The lowest BCUT2D eigenvalue weighted by Crippen LogP contribution is -2.39. The highest BCUT2D eigenvalue weighted by atomic mass is 79.9.